The Kier molecular flexibility index (Phi) is 5.54. The minimum Gasteiger partial charge on any atom is -0.393 e. The molecule has 0 saturated heterocycles. The molecule has 0 unspecified atom stereocenters. The number of anilines is 2. The van der Waals surface area contributed by atoms with Crippen LogP contribution in [0, 0.1) is 11.3 Å². The van der Waals surface area contributed by atoms with Crippen molar-refractivity contribution in [3.8, 4) is 6.07 Å². The van der Waals surface area contributed by atoms with Crippen molar-refractivity contribution < 1.29 is 10.2 Å². The van der Waals surface area contributed by atoms with Crippen LogP contribution in [0.4, 0.5) is 11.6 Å². The van der Waals surface area contributed by atoms with Crippen molar-refractivity contribution in [2.24, 2.45) is 0 Å². The molecule has 0 bridgehead atoms. The van der Waals surface area contributed by atoms with E-state index in [1.54, 1.807) is 6.07 Å². The molecule has 6 nitrogen and oxygen atoms in total. The number of aliphatic hydroxyl groups is 2. The second-order valence-corrected chi connectivity index (χ2v) is 7.00. The first-order valence-corrected chi connectivity index (χ1v) is 8.94. The lowest BCUT2D eigenvalue weighted by atomic mass is 9.93. The highest BCUT2D eigenvalue weighted by molar-refractivity contribution is 5.57. The second kappa shape index (κ2) is 7.82. The van der Waals surface area contributed by atoms with E-state index in [-0.39, 0.29) is 18.2 Å². The largest absolute Gasteiger partial charge is 0.393 e. The molecule has 2 saturated carbocycles. The molecule has 0 aromatic carbocycles. The molecule has 3 rings (SSSR count). The highest BCUT2D eigenvalue weighted by Crippen LogP contribution is 2.26. The highest BCUT2D eigenvalue weighted by Gasteiger charge is 2.22. The van der Waals surface area contributed by atoms with Crippen LogP contribution in [0.15, 0.2) is 12.1 Å². The Hall–Kier alpha value is -1.84. The van der Waals surface area contributed by atoms with Crippen LogP contribution in [0.3, 0.4) is 0 Å². The molecule has 0 radical (unpaired) electrons. The normalized spacial score (nSPS) is 30.4. The summed E-state index contributed by atoms with van der Waals surface area (Å²) in [4.78, 5) is 4.60. The van der Waals surface area contributed by atoms with Crippen molar-refractivity contribution >= 4 is 11.6 Å². The molecular weight excluding hydrogens is 304 g/mol. The molecule has 24 heavy (non-hydrogen) atoms. The molecule has 2 aliphatic carbocycles. The van der Waals surface area contributed by atoms with E-state index >= 15 is 0 Å². The summed E-state index contributed by atoms with van der Waals surface area (Å²) in [5.74, 6) is 1.40. The van der Waals surface area contributed by atoms with Gasteiger partial charge in [-0.2, -0.15) is 5.26 Å². The van der Waals surface area contributed by atoms with Crippen LogP contribution in [0.2, 0.25) is 0 Å². The summed E-state index contributed by atoms with van der Waals surface area (Å²) in [6.07, 6.45) is 6.53. The fraction of sp³-hybridized carbons (Fsp3) is 0.667. The van der Waals surface area contributed by atoms with Gasteiger partial charge in [0.25, 0.3) is 0 Å². The first-order chi connectivity index (χ1) is 11.6. The predicted molar refractivity (Wildman–Crippen MR) is 92.7 cm³/mol. The lowest BCUT2D eigenvalue weighted by Gasteiger charge is -2.28. The summed E-state index contributed by atoms with van der Waals surface area (Å²) in [6.45, 7) is 0. The third-order valence-electron chi connectivity index (χ3n) is 5.10. The topological polar surface area (TPSA) is 101 Å². The number of aromatic nitrogens is 1. The van der Waals surface area contributed by atoms with E-state index in [2.05, 4.69) is 21.7 Å². The second-order valence-electron chi connectivity index (χ2n) is 7.00. The minimum absolute atomic E-state index is 0.171. The Balaban J connectivity index is 1.65. The van der Waals surface area contributed by atoms with Crippen LogP contribution >= 0.6 is 0 Å². The van der Waals surface area contributed by atoms with E-state index in [1.165, 1.54) is 0 Å². The quantitative estimate of drug-likeness (QED) is 0.676. The number of aliphatic hydroxyl groups excluding tert-OH is 2. The van der Waals surface area contributed by atoms with Gasteiger partial charge in [0.15, 0.2) is 0 Å². The van der Waals surface area contributed by atoms with Gasteiger partial charge in [-0.05, 0) is 63.5 Å². The van der Waals surface area contributed by atoms with E-state index in [0.29, 0.717) is 17.4 Å². The molecule has 1 heterocycles. The number of hydrogen-bond acceptors (Lipinski definition) is 6. The molecule has 1 aromatic rings. The summed E-state index contributed by atoms with van der Waals surface area (Å²) >= 11 is 0. The van der Waals surface area contributed by atoms with Crippen LogP contribution in [0.5, 0.6) is 0 Å². The van der Waals surface area contributed by atoms with E-state index in [4.69, 9.17) is 0 Å². The van der Waals surface area contributed by atoms with Crippen LogP contribution in [-0.2, 0) is 0 Å². The van der Waals surface area contributed by atoms with Gasteiger partial charge in [0.1, 0.15) is 17.7 Å². The van der Waals surface area contributed by atoms with E-state index < -0.39 is 0 Å². The van der Waals surface area contributed by atoms with Gasteiger partial charge in [-0.15, -0.1) is 0 Å². The fourth-order valence-electron chi connectivity index (χ4n) is 3.58. The zero-order chi connectivity index (χ0) is 16.9. The van der Waals surface area contributed by atoms with Gasteiger partial charge < -0.3 is 20.8 Å². The van der Waals surface area contributed by atoms with Crippen LogP contribution in [-0.4, -0.2) is 39.5 Å². The monoisotopic (exact) mass is 330 g/mol. The minimum atomic E-state index is -0.193. The Morgan fingerprint density at radius 1 is 0.875 bits per heavy atom. The van der Waals surface area contributed by atoms with E-state index in [0.717, 1.165) is 57.2 Å². The van der Waals surface area contributed by atoms with Gasteiger partial charge in [0.05, 0.1) is 17.8 Å². The summed E-state index contributed by atoms with van der Waals surface area (Å²) in [7, 11) is 0. The van der Waals surface area contributed by atoms with Gasteiger partial charge in [-0.1, -0.05) is 0 Å². The molecule has 4 N–H and O–H groups in total. The maximum atomic E-state index is 9.62. The van der Waals surface area contributed by atoms with Gasteiger partial charge in [-0.25, -0.2) is 4.98 Å². The number of pyridine rings is 1. The van der Waals surface area contributed by atoms with Gasteiger partial charge >= 0.3 is 0 Å². The lowest BCUT2D eigenvalue weighted by Crippen LogP contribution is -2.30. The number of nitrogens with one attached hydrogen (secondary N) is 2. The van der Waals surface area contributed by atoms with Crippen LogP contribution in [0.1, 0.15) is 56.9 Å². The Morgan fingerprint density at radius 3 is 1.96 bits per heavy atom. The fourth-order valence-corrected chi connectivity index (χ4v) is 3.58. The summed E-state index contributed by atoms with van der Waals surface area (Å²) in [6, 6.07) is 6.42. The summed E-state index contributed by atoms with van der Waals surface area (Å²) in [5, 5.41) is 35.3. The Labute approximate surface area is 142 Å². The average molecular weight is 330 g/mol. The van der Waals surface area contributed by atoms with Crippen LogP contribution in [0.25, 0.3) is 0 Å². The highest BCUT2D eigenvalue weighted by atomic mass is 16.3. The van der Waals surface area contributed by atoms with Crippen molar-refractivity contribution in [2.45, 2.75) is 75.7 Å². The molecular formula is C18H26N4O2. The van der Waals surface area contributed by atoms with Crippen molar-refractivity contribution in [1.82, 2.24) is 4.98 Å². The zero-order valence-corrected chi connectivity index (χ0v) is 13.9. The van der Waals surface area contributed by atoms with Gasteiger partial charge in [-0.3, -0.25) is 0 Å². The van der Waals surface area contributed by atoms with Crippen LogP contribution < -0.4 is 10.6 Å². The molecule has 0 atom stereocenters. The molecule has 1 aromatic heterocycles. The van der Waals surface area contributed by atoms with Crippen molar-refractivity contribution in [3.05, 3.63) is 17.7 Å². The maximum absolute atomic E-state index is 9.62. The van der Waals surface area contributed by atoms with Crippen molar-refractivity contribution in [1.29, 1.82) is 5.26 Å². The Morgan fingerprint density at radius 2 is 1.42 bits per heavy atom. The SMILES string of the molecule is N#Cc1ccc(NC2CCC(O)CC2)nc1NC1CCC(O)CC1. The number of hydrogen-bond donors (Lipinski definition) is 4. The zero-order valence-electron chi connectivity index (χ0n) is 13.9. The first kappa shape index (κ1) is 17.0. The Bertz CT molecular complexity index is 585. The third-order valence-corrected chi connectivity index (χ3v) is 5.10. The van der Waals surface area contributed by atoms with Gasteiger partial charge in [0, 0.05) is 12.1 Å². The molecule has 6 heteroatoms. The first-order valence-electron chi connectivity index (χ1n) is 8.94. The molecule has 0 amide bonds. The molecule has 130 valence electrons. The number of nitrogens with zero attached hydrogens (tertiary/aromatic N) is 2. The average Bonchev–Trinajstić information content (AvgIpc) is 2.59. The number of rotatable bonds is 4. The predicted octanol–water partition coefficient (Wildman–Crippen LogP) is 2.38. The third kappa shape index (κ3) is 4.37. The van der Waals surface area contributed by atoms with Crippen molar-refractivity contribution in [2.75, 3.05) is 10.6 Å². The smallest absolute Gasteiger partial charge is 0.146 e. The summed E-state index contributed by atoms with van der Waals surface area (Å²) < 4.78 is 0. The van der Waals surface area contributed by atoms with Gasteiger partial charge in [0.2, 0.25) is 0 Å². The number of nitriles is 1. The molecule has 0 aliphatic heterocycles. The maximum Gasteiger partial charge on any atom is 0.146 e. The van der Waals surface area contributed by atoms with Crippen molar-refractivity contribution in [3.63, 3.8) is 0 Å². The standard InChI is InChI=1S/C18H26N4O2/c19-11-12-1-10-17(20-13-2-6-15(23)7-3-13)22-18(12)21-14-4-8-16(24)9-5-14/h1,10,13-16,23-24H,2-9H2,(H2,20,21,22). The molecule has 0 spiro atoms. The lowest BCUT2D eigenvalue weighted by molar-refractivity contribution is 0.126. The van der Waals surface area contributed by atoms with E-state index in [9.17, 15) is 15.5 Å². The molecule has 2 fully saturated rings. The molecule has 2 aliphatic rings. The summed E-state index contributed by atoms with van der Waals surface area (Å²) in [5.41, 5.74) is 0.547. The van der Waals surface area contributed by atoms with E-state index in [1.807, 2.05) is 6.07 Å².